The van der Waals surface area contributed by atoms with Crippen LogP contribution in [0.25, 0.3) is 0 Å². The summed E-state index contributed by atoms with van der Waals surface area (Å²) < 4.78 is 2.47. The van der Waals surface area contributed by atoms with Crippen molar-refractivity contribution in [3.05, 3.63) is 20.8 Å². The molecule has 0 saturated carbocycles. The van der Waals surface area contributed by atoms with E-state index in [2.05, 4.69) is 4.37 Å². The van der Waals surface area contributed by atoms with Crippen LogP contribution in [0.1, 0.15) is 23.4 Å². The number of aromatic amines is 1. The maximum Gasteiger partial charge on any atom is 0.326 e. The zero-order valence-corrected chi connectivity index (χ0v) is 7.85. The zero-order chi connectivity index (χ0) is 10.0. The quantitative estimate of drug-likeness (QED) is 0.646. The molecule has 0 radical (unpaired) electrons. The predicted octanol–water partition coefficient (Wildman–Crippen LogP) is 0.0832. The van der Waals surface area contributed by atoms with E-state index in [0.29, 0.717) is 16.9 Å². The monoisotopic (exact) mass is 202 g/mol. The number of aliphatic carboxylic acids is 1. The van der Waals surface area contributed by atoms with Gasteiger partial charge in [0.2, 0.25) is 0 Å². The molecule has 0 aromatic carbocycles. The molecule has 0 bridgehead atoms. The number of carboxylic acids is 1. The van der Waals surface area contributed by atoms with Gasteiger partial charge in [-0.3, -0.25) is 14.0 Å². The minimum atomic E-state index is -1.12. The first-order valence-corrected chi connectivity index (χ1v) is 4.58. The van der Waals surface area contributed by atoms with Crippen molar-refractivity contribution in [2.75, 3.05) is 0 Å². The predicted molar refractivity (Wildman–Crippen MR) is 48.9 cm³/mol. The highest BCUT2D eigenvalue weighted by Gasteiger charge is 2.21. The summed E-state index contributed by atoms with van der Waals surface area (Å²) in [5, 5.41) is 8.63. The van der Waals surface area contributed by atoms with E-state index < -0.39 is 12.0 Å². The summed E-state index contributed by atoms with van der Waals surface area (Å²) in [6.07, 6.45) is 0.495. The van der Waals surface area contributed by atoms with Gasteiger partial charge in [0.25, 0.3) is 5.56 Å². The van der Waals surface area contributed by atoms with Crippen molar-refractivity contribution in [2.24, 2.45) is 5.73 Å². The van der Waals surface area contributed by atoms with Gasteiger partial charge in [-0.2, -0.15) is 0 Å². The summed E-state index contributed by atoms with van der Waals surface area (Å²) in [6, 6.07) is -1.10. The molecule has 1 unspecified atom stereocenters. The number of carbonyl (C=O) groups is 1. The van der Waals surface area contributed by atoms with Gasteiger partial charge < -0.3 is 10.8 Å². The second-order valence-electron chi connectivity index (χ2n) is 2.55. The molecule has 0 aliphatic rings. The molecule has 0 aliphatic carbocycles. The second kappa shape index (κ2) is 3.71. The van der Waals surface area contributed by atoms with Crippen molar-refractivity contribution in [1.29, 1.82) is 0 Å². The number of hydrogen-bond acceptors (Lipinski definition) is 4. The van der Waals surface area contributed by atoms with Crippen molar-refractivity contribution >= 4 is 17.5 Å². The molecule has 1 aromatic heterocycles. The van der Waals surface area contributed by atoms with Crippen LogP contribution < -0.4 is 11.3 Å². The summed E-state index contributed by atoms with van der Waals surface area (Å²) in [7, 11) is 0. The van der Waals surface area contributed by atoms with Crippen molar-refractivity contribution < 1.29 is 9.90 Å². The molecular formula is C7H10N2O3S. The van der Waals surface area contributed by atoms with E-state index in [-0.39, 0.29) is 5.56 Å². The van der Waals surface area contributed by atoms with Crippen LogP contribution in [0.4, 0.5) is 0 Å². The number of aromatic nitrogens is 1. The highest BCUT2D eigenvalue weighted by Crippen LogP contribution is 2.17. The van der Waals surface area contributed by atoms with Crippen LogP contribution in [0, 0.1) is 0 Å². The summed E-state index contributed by atoms with van der Waals surface area (Å²) in [6.45, 7) is 1.79. The number of rotatable bonds is 3. The maximum absolute atomic E-state index is 11.1. The van der Waals surface area contributed by atoms with Crippen molar-refractivity contribution in [2.45, 2.75) is 19.4 Å². The lowest BCUT2D eigenvalue weighted by molar-refractivity contribution is -0.138. The molecule has 0 saturated heterocycles. The Morgan fingerprint density at radius 3 is 2.85 bits per heavy atom. The van der Waals surface area contributed by atoms with Crippen LogP contribution in [-0.2, 0) is 11.2 Å². The van der Waals surface area contributed by atoms with Crippen LogP contribution in [0.15, 0.2) is 4.79 Å². The smallest absolute Gasteiger partial charge is 0.326 e. The number of hydrogen-bond donors (Lipinski definition) is 3. The molecule has 1 heterocycles. The molecule has 72 valence electrons. The Kier molecular flexibility index (Phi) is 2.84. The van der Waals surface area contributed by atoms with E-state index >= 15 is 0 Å². The molecule has 13 heavy (non-hydrogen) atoms. The third kappa shape index (κ3) is 1.78. The molecule has 1 atom stereocenters. The Hall–Kier alpha value is -1.14. The van der Waals surface area contributed by atoms with Gasteiger partial charge in [-0.1, -0.05) is 18.5 Å². The van der Waals surface area contributed by atoms with E-state index in [1.807, 2.05) is 0 Å². The van der Waals surface area contributed by atoms with E-state index in [9.17, 15) is 9.59 Å². The van der Waals surface area contributed by atoms with Gasteiger partial charge in [0.1, 0.15) is 6.04 Å². The zero-order valence-electron chi connectivity index (χ0n) is 7.03. The number of H-pyrrole nitrogens is 1. The fourth-order valence-corrected chi connectivity index (χ4v) is 1.95. The average Bonchev–Trinajstić information content (AvgIpc) is 2.45. The summed E-state index contributed by atoms with van der Waals surface area (Å²) >= 11 is 0.994. The minimum absolute atomic E-state index is 0.237. The third-order valence-corrected chi connectivity index (χ3v) is 2.73. The van der Waals surface area contributed by atoms with Gasteiger partial charge in [-0.05, 0) is 6.42 Å². The van der Waals surface area contributed by atoms with Gasteiger partial charge in [-0.25, -0.2) is 0 Å². The van der Waals surface area contributed by atoms with Gasteiger partial charge in [0, 0.05) is 5.56 Å². The first-order valence-electron chi connectivity index (χ1n) is 3.76. The average molecular weight is 202 g/mol. The molecule has 0 fully saturated rings. The standard InChI is InChI=1S/C7H10N2O3S/c1-2-3-5(4(8)7(11)12)13-9-6(3)10/h4H,2,8H2,1H3,(H,9,10)(H,11,12). The normalized spacial score (nSPS) is 12.8. The summed E-state index contributed by atoms with van der Waals surface area (Å²) in [5.41, 5.74) is 5.61. The largest absolute Gasteiger partial charge is 0.480 e. The molecular weight excluding hydrogens is 192 g/mol. The molecule has 0 spiro atoms. The molecule has 1 rings (SSSR count). The fourth-order valence-electron chi connectivity index (χ4n) is 1.03. The molecule has 0 amide bonds. The van der Waals surface area contributed by atoms with Gasteiger partial charge in [0.15, 0.2) is 0 Å². The second-order valence-corrected chi connectivity index (χ2v) is 3.39. The van der Waals surface area contributed by atoms with Gasteiger partial charge in [-0.15, -0.1) is 0 Å². The topological polar surface area (TPSA) is 96.2 Å². The first kappa shape index (κ1) is 9.94. The molecule has 4 N–H and O–H groups in total. The van der Waals surface area contributed by atoms with Crippen LogP contribution in [0.2, 0.25) is 0 Å². The maximum atomic E-state index is 11.1. The van der Waals surface area contributed by atoms with Crippen LogP contribution in [0.3, 0.4) is 0 Å². The molecule has 0 aliphatic heterocycles. The Morgan fingerprint density at radius 1 is 1.77 bits per heavy atom. The highest BCUT2D eigenvalue weighted by molar-refractivity contribution is 7.06. The van der Waals surface area contributed by atoms with Gasteiger partial charge >= 0.3 is 5.97 Å². The van der Waals surface area contributed by atoms with Crippen molar-refractivity contribution in [1.82, 2.24) is 4.37 Å². The molecule has 1 aromatic rings. The van der Waals surface area contributed by atoms with E-state index in [1.165, 1.54) is 0 Å². The lowest BCUT2D eigenvalue weighted by Crippen LogP contribution is -2.21. The summed E-state index contributed by atoms with van der Waals surface area (Å²) in [5.74, 6) is -1.12. The third-order valence-electron chi connectivity index (χ3n) is 1.73. The Morgan fingerprint density at radius 2 is 2.38 bits per heavy atom. The number of nitrogens with two attached hydrogens (primary N) is 1. The van der Waals surface area contributed by atoms with Crippen LogP contribution in [0.5, 0.6) is 0 Å². The Bertz CT molecular complexity index is 368. The van der Waals surface area contributed by atoms with E-state index in [0.717, 1.165) is 11.5 Å². The van der Waals surface area contributed by atoms with Crippen LogP contribution >= 0.6 is 11.5 Å². The van der Waals surface area contributed by atoms with Crippen molar-refractivity contribution in [3.8, 4) is 0 Å². The fraction of sp³-hybridized carbons (Fsp3) is 0.429. The lowest BCUT2D eigenvalue weighted by atomic mass is 10.1. The Balaban J connectivity index is 3.14. The lowest BCUT2D eigenvalue weighted by Gasteiger charge is -2.03. The number of carboxylic acid groups (broad SMARTS) is 1. The molecule has 5 nitrogen and oxygen atoms in total. The van der Waals surface area contributed by atoms with Gasteiger partial charge in [0.05, 0.1) is 4.88 Å². The van der Waals surface area contributed by atoms with Crippen molar-refractivity contribution in [3.63, 3.8) is 0 Å². The van der Waals surface area contributed by atoms with Crippen LogP contribution in [-0.4, -0.2) is 15.4 Å². The SMILES string of the molecule is CCc1c(C(N)C(=O)O)s[nH]c1=O. The minimum Gasteiger partial charge on any atom is -0.480 e. The van der Waals surface area contributed by atoms with E-state index in [1.54, 1.807) is 6.92 Å². The number of nitrogens with one attached hydrogen (secondary N) is 1. The summed E-state index contributed by atoms with van der Waals surface area (Å²) in [4.78, 5) is 22.1. The first-order chi connectivity index (χ1) is 6.07. The Labute approximate surface area is 78.3 Å². The van der Waals surface area contributed by atoms with E-state index in [4.69, 9.17) is 10.8 Å². The highest BCUT2D eigenvalue weighted by atomic mass is 32.1. The molecule has 6 heteroatoms.